The van der Waals surface area contributed by atoms with Crippen molar-refractivity contribution in [1.29, 1.82) is 0 Å². The van der Waals surface area contributed by atoms with Gasteiger partial charge in [0.05, 0.1) is 7.11 Å². The normalized spacial score (nSPS) is 10.3. The predicted molar refractivity (Wildman–Crippen MR) is 76.5 cm³/mol. The highest BCUT2D eigenvalue weighted by Gasteiger charge is 2.09. The third kappa shape index (κ3) is 3.48. The van der Waals surface area contributed by atoms with Gasteiger partial charge in [0.15, 0.2) is 11.6 Å². The van der Waals surface area contributed by atoms with Gasteiger partial charge in [-0.05, 0) is 42.3 Å². The molecule has 0 bridgehead atoms. The molecule has 2 N–H and O–H groups in total. The van der Waals surface area contributed by atoms with E-state index in [9.17, 15) is 4.39 Å². The summed E-state index contributed by atoms with van der Waals surface area (Å²) in [6.07, 6.45) is 0.593. The third-order valence-electron chi connectivity index (χ3n) is 3.00. The number of rotatable bonds is 6. The molecule has 2 aromatic carbocycles. The van der Waals surface area contributed by atoms with Crippen LogP contribution in [0.25, 0.3) is 0 Å². The van der Waals surface area contributed by atoms with Crippen LogP contribution in [0, 0.1) is 5.82 Å². The number of halogens is 1. The Bertz CT molecular complexity index is 555. The zero-order chi connectivity index (χ0) is 14.4. The Morgan fingerprint density at radius 1 is 1.10 bits per heavy atom. The van der Waals surface area contributed by atoms with Crippen molar-refractivity contribution in [3.05, 3.63) is 59.4 Å². The van der Waals surface area contributed by atoms with Crippen LogP contribution < -0.4 is 15.2 Å². The molecule has 0 saturated carbocycles. The first kappa shape index (κ1) is 14.3. The Balaban J connectivity index is 2.09. The molecule has 0 aromatic heterocycles. The molecule has 3 nitrogen and oxygen atoms in total. The van der Waals surface area contributed by atoms with E-state index in [1.165, 1.54) is 6.07 Å². The molecule has 0 aliphatic carbocycles. The van der Waals surface area contributed by atoms with E-state index in [1.807, 2.05) is 30.3 Å². The maximum absolute atomic E-state index is 13.8. The average molecular weight is 275 g/mol. The molecule has 0 fully saturated rings. The van der Waals surface area contributed by atoms with Crippen molar-refractivity contribution in [2.45, 2.75) is 13.0 Å². The zero-order valence-electron chi connectivity index (χ0n) is 11.4. The van der Waals surface area contributed by atoms with Gasteiger partial charge in [-0.1, -0.05) is 24.3 Å². The highest BCUT2D eigenvalue weighted by molar-refractivity contribution is 5.36. The summed E-state index contributed by atoms with van der Waals surface area (Å²) in [7, 11) is 1.62. The molecule has 0 spiro atoms. The summed E-state index contributed by atoms with van der Waals surface area (Å²) in [5.74, 6) is 0.710. The highest BCUT2D eigenvalue weighted by Crippen LogP contribution is 2.24. The van der Waals surface area contributed by atoms with Crippen molar-refractivity contribution in [2.75, 3.05) is 13.7 Å². The van der Waals surface area contributed by atoms with Crippen LogP contribution in [0.3, 0.4) is 0 Å². The molecule has 4 heteroatoms. The number of benzene rings is 2. The smallest absolute Gasteiger partial charge is 0.165 e. The largest absolute Gasteiger partial charge is 0.497 e. The quantitative estimate of drug-likeness (QED) is 0.881. The van der Waals surface area contributed by atoms with Gasteiger partial charge in [-0.3, -0.25) is 0 Å². The van der Waals surface area contributed by atoms with Gasteiger partial charge in [0, 0.05) is 0 Å². The zero-order valence-corrected chi connectivity index (χ0v) is 11.4. The molecule has 0 heterocycles. The summed E-state index contributed by atoms with van der Waals surface area (Å²) in [4.78, 5) is 0. The molecule has 2 rings (SSSR count). The SMILES string of the molecule is COc1ccc(COc2c(F)cccc2CCN)cc1. The van der Waals surface area contributed by atoms with Crippen molar-refractivity contribution < 1.29 is 13.9 Å². The topological polar surface area (TPSA) is 44.5 Å². The minimum absolute atomic E-state index is 0.286. The Morgan fingerprint density at radius 3 is 2.50 bits per heavy atom. The molecular weight excluding hydrogens is 257 g/mol. The number of hydrogen-bond donors (Lipinski definition) is 1. The van der Waals surface area contributed by atoms with Crippen molar-refractivity contribution in [1.82, 2.24) is 0 Å². The maximum Gasteiger partial charge on any atom is 0.165 e. The summed E-state index contributed by atoms with van der Waals surface area (Å²) < 4.78 is 24.5. The Kier molecular flexibility index (Phi) is 4.96. The van der Waals surface area contributed by atoms with Crippen LogP contribution in [-0.4, -0.2) is 13.7 Å². The predicted octanol–water partition coefficient (Wildman–Crippen LogP) is 2.91. The van der Waals surface area contributed by atoms with E-state index in [2.05, 4.69) is 0 Å². The summed E-state index contributed by atoms with van der Waals surface area (Å²) in [6, 6.07) is 12.4. The van der Waals surface area contributed by atoms with E-state index in [1.54, 1.807) is 13.2 Å². The van der Waals surface area contributed by atoms with E-state index >= 15 is 0 Å². The number of nitrogens with two attached hydrogens (primary N) is 1. The molecule has 20 heavy (non-hydrogen) atoms. The summed E-state index contributed by atoms with van der Waals surface area (Å²) in [6.45, 7) is 0.769. The number of methoxy groups -OCH3 is 1. The first-order valence-electron chi connectivity index (χ1n) is 6.47. The van der Waals surface area contributed by atoms with Gasteiger partial charge in [-0.2, -0.15) is 0 Å². The molecule has 106 valence electrons. The Labute approximate surface area is 118 Å². The molecule has 0 saturated heterocycles. The standard InChI is InChI=1S/C16H18FNO2/c1-19-14-7-5-12(6-8-14)11-20-16-13(9-10-18)3-2-4-15(16)17/h2-8H,9-11,18H2,1H3. The Hall–Kier alpha value is -2.07. The van der Waals surface area contributed by atoms with Gasteiger partial charge < -0.3 is 15.2 Å². The fourth-order valence-electron chi connectivity index (χ4n) is 1.94. The third-order valence-corrected chi connectivity index (χ3v) is 3.00. The lowest BCUT2D eigenvalue weighted by atomic mass is 10.1. The van der Waals surface area contributed by atoms with E-state index in [0.717, 1.165) is 16.9 Å². The molecule has 0 aliphatic rings. The van der Waals surface area contributed by atoms with Crippen LogP contribution in [0.2, 0.25) is 0 Å². The molecule has 2 aromatic rings. The maximum atomic E-state index is 13.8. The Morgan fingerprint density at radius 2 is 1.85 bits per heavy atom. The minimum atomic E-state index is -0.357. The van der Waals surface area contributed by atoms with Crippen molar-refractivity contribution >= 4 is 0 Å². The van der Waals surface area contributed by atoms with Crippen molar-refractivity contribution in [3.8, 4) is 11.5 Å². The number of ether oxygens (including phenoxy) is 2. The fraction of sp³-hybridized carbons (Fsp3) is 0.250. The van der Waals surface area contributed by atoms with Crippen LogP contribution in [0.4, 0.5) is 4.39 Å². The molecule has 0 atom stereocenters. The first-order valence-corrected chi connectivity index (χ1v) is 6.47. The first-order chi connectivity index (χ1) is 9.74. The summed E-state index contributed by atoms with van der Waals surface area (Å²) in [5.41, 5.74) is 7.27. The summed E-state index contributed by atoms with van der Waals surface area (Å²) >= 11 is 0. The van der Waals surface area contributed by atoms with Gasteiger partial charge >= 0.3 is 0 Å². The van der Waals surface area contributed by atoms with Crippen LogP contribution >= 0.6 is 0 Å². The molecular formula is C16H18FNO2. The van der Waals surface area contributed by atoms with E-state index < -0.39 is 0 Å². The van der Waals surface area contributed by atoms with E-state index in [4.69, 9.17) is 15.2 Å². The van der Waals surface area contributed by atoms with Gasteiger partial charge in [-0.15, -0.1) is 0 Å². The lowest BCUT2D eigenvalue weighted by Crippen LogP contribution is -2.06. The van der Waals surface area contributed by atoms with Crippen molar-refractivity contribution in [2.24, 2.45) is 5.73 Å². The van der Waals surface area contributed by atoms with Gasteiger partial charge in [0.25, 0.3) is 0 Å². The lowest BCUT2D eigenvalue weighted by Gasteiger charge is -2.12. The van der Waals surface area contributed by atoms with E-state index in [0.29, 0.717) is 19.6 Å². The number of hydrogen-bond acceptors (Lipinski definition) is 3. The number of para-hydroxylation sites is 1. The summed E-state index contributed by atoms with van der Waals surface area (Å²) in [5, 5.41) is 0. The second kappa shape index (κ2) is 6.91. The monoisotopic (exact) mass is 275 g/mol. The molecule has 0 radical (unpaired) electrons. The second-order valence-electron chi connectivity index (χ2n) is 4.40. The van der Waals surface area contributed by atoms with Gasteiger partial charge in [0.2, 0.25) is 0 Å². The molecule has 0 amide bonds. The van der Waals surface area contributed by atoms with Gasteiger partial charge in [0.1, 0.15) is 12.4 Å². The lowest BCUT2D eigenvalue weighted by molar-refractivity contribution is 0.287. The second-order valence-corrected chi connectivity index (χ2v) is 4.40. The van der Waals surface area contributed by atoms with Crippen molar-refractivity contribution in [3.63, 3.8) is 0 Å². The van der Waals surface area contributed by atoms with Crippen LogP contribution in [-0.2, 0) is 13.0 Å². The van der Waals surface area contributed by atoms with Crippen LogP contribution in [0.1, 0.15) is 11.1 Å². The van der Waals surface area contributed by atoms with Crippen LogP contribution in [0.5, 0.6) is 11.5 Å². The van der Waals surface area contributed by atoms with Crippen LogP contribution in [0.15, 0.2) is 42.5 Å². The fourth-order valence-corrected chi connectivity index (χ4v) is 1.94. The van der Waals surface area contributed by atoms with Gasteiger partial charge in [-0.25, -0.2) is 4.39 Å². The average Bonchev–Trinajstić information content (AvgIpc) is 2.47. The molecule has 0 unspecified atom stereocenters. The molecule has 0 aliphatic heterocycles. The highest BCUT2D eigenvalue weighted by atomic mass is 19.1. The van der Waals surface area contributed by atoms with E-state index in [-0.39, 0.29) is 11.6 Å². The minimum Gasteiger partial charge on any atom is -0.497 e.